The second-order valence-corrected chi connectivity index (χ2v) is 15.0. The van der Waals surface area contributed by atoms with Crippen LogP contribution in [0.1, 0.15) is 141 Å². The summed E-state index contributed by atoms with van der Waals surface area (Å²) in [4.78, 5) is 6.39. The molecule has 0 aromatic rings. The molecule has 5 saturated carbocycles. The lowest BCUT2D eigenvalue weighted by molar-refractivity contribution is -0.00607. The van der Waals surface area contributed by atoms with Crippen molar-refractivity contribution < 1.29 is 0 Å². The standard InChI is InChI=1S/C34H60N4/c1-4-12-25(13-5-1)34-35-23-29(24-36-34)38-32-19-11-10-18-30(32)31-22-28(20-21-33(31)38)37(26-14-6-2-7-15-26)27-16-8-3-9-17-27/h25-36H,1-24H2. The maximum absolute atomic E-state index is 4.06. The molecule has 2 saturated heterocycles. The third-order valence-corrected chi connectivity index (χ3v) is 13.0. The minimum atomic E-state index is 0.586. The van der Waals surface area contributed by atoms with Crippen molar-refractivity contribution in [2.45, 2.75) is 184 Å². The molecule has 5 atom stereocenters. The number of hydrogen-bond donors (Lipinski definition) is 2. The summed E-state index contributed by atoms with van der Waals surface area (Å²) in [6.07, 6.45) is 33.3. The zero-order valence-electron chi connectivity index (χ0n) is 24.6. The lowest BCUT2D eigenvalue weighted by Gasteiger charge is -2.50. The molecule has 0 aromatic carbocycles. The molecule has 0 spiro atoms. The van der Waals surface area contributed by atoms with Gasteiger partial charge in [0.1, 0.15) is 0 Å². The molecule has 38 heavy (non-hydrogen) atoms. The van der Waals surface area contributed by atoms with Crippen molar-refractivity contribution in [1.29, 1.82) is 0 Å². The van der Waals surface area contributed by atoms with Gasteiger partial charge >= 0.3 is 0 Å². The first-order valence-electron chi connectivity index (χ1n) is 17.9. The Kier molecular flexibility index (Phi) is 8.70. The molecule has 5 aliphatic carbocycles. The van der Waals surface area contributed by atoms with Crippen LogP contribution in [0.4, 0.5) is 0 Å². The zero-order valence-corrected chi connectivity index (χ0v) is 24.6. The van der Waals surface area contributed by atoms with Crippen molar-refractivity contribution in [2.24, 2.45) is 17.8 Å². The fraction of sp³-hybridized carbons (Fsp3) is 1.00. The van der Waals surface area contributed by atoms with Gasteiger partial charge in [0.2, 0.25) is 0 Å². The fourth-order valence-corrected chi connectivity index (χ4v) is 11.4. The Labute approximate surface area is 234 Å². The highest BCUT2D eigenvalue weighted by Crippen LogP contribution is 2.51. The van der Waals surface area contributed by atoms with E-state index >= 15 is 0 Å². The van der Waals surface area contributed by atoms with Gasteiger partial charge in [-0.25, -0.2) is 0 Å². The van der Waals surface area contributed by atoms with Gasteiger partial charge in [0.25, 0.3) is 0 Å². The highest BCUT2D eigenvalue weighted by Gasteiger charge is 2.54. The minimum absolute atomic E-state index is 0.586. The van der Waals surface area contributed by atoms with Crippen LogP contribution in [-0.4, -0.2) is 65.3 Å². The third-order valence-electron chi connectivity index (χ3n) is 13.0. The second-order valence-electron chi connectivity index (χ2n) is 15.0. The highest BCUT2D eigenvalue weighted by molar-refractivity contribution is 5.09. The molecule has 7 rings (SSSR count). The second kappa shape index (κ2) is 12.4. The molecule has 7 aliphatic rings. The average Bonchev–Trinajstić information content (AvgIpc) is 3.33. The Morgan fingerprint density at radius 1 is 0.474 bits per heavy atom. The van der Waals surface area contributed by atoms with Crippen LogP contribution in [0.15, 0.2) is 0 Å². The molecule has 216 valence electrons. The van der Waals surface area contributed by atoms with E-state index in [1.54, 1.807) is 0 Å². The van der Waals surface area contributed by atoms with E-state index < -0.39 is 0 Å². The molecular formula is C34H60N4. The van der Waals surface area contributed by atoms with Crippen LogP contribution in [0.2, 0.25) is 0 Å². The van der Waals surface area contributed by atoms with Gasteiger partial charge in [-0.15, -0.1) is 0 Å². The summed E-state index contributed by atoms with van der Waals surface area (Å²) in [7, 11) is 0. The van der Waals surface area contributed by atoms with Crippen molar-refractivity contribution in [3.63, 3.8) is 0 Å². The minimum Gasteiger partial charge on any atom is -0.300 e. The normalized spacial score (nSPS) is 42.7. The Hall–Kier alpha value is -0.160. The van der Waals surface area contributed by atoms with E-state index in [0.717, 1.165) is 54.0 Å². The van der Waals surface area contributed by atoms with Gasteiger partial charge in [0.05, 0.1) is 6.17 Å². The Balaban J connectivity index is 1.06. The monoisotopic (exact) mass is 524 g/mol. The summed E-state index contributed by atoms with van der Waals surface area (Å²) in [6.45, 7) is 2.47. The molecule has 4 heteroatoms. The zero-order chi connectivity index (χ0) is 25.3. The summed E-state index contributed by atoms with van der Waals surface area (Å²) in [5.74, 6) is 2.84. The van der Waals surface area contributed by atoms with E-state index in [-0.39, 0.29) is 0 Å². The Morgan fingerprint density at radius 2 is 1.03 bits per heavy atom. The number of fused-ring (bicyclic) bond motifs is 3. The molecule has 4 nitrogen and oxygen atoms in total. The molecular weight excluding hydrogens is 464 g/mol. The highest BCUT2D eigenvalue weighted by atomic mass is 15.3. The SMILES string of the molecule is C1CCC(C2NCC(N3C4CCCCC4C4CC(N(C5CCCCC5)C5CCCCC5)CCC43)CN2)CC1. The van der Waals surface area contributed by atoms with Crippen LogP contribution < -0.4 is 10.6 Å². The molecule has 2 aliphatic heterocycles. The predicted molar refractivity (Wildman–Crippen MR) is 158 cm³/mol. The summed E-state index contributed by atoms with van der Waals surface area (Å²) < 4.78 is 0. The summed E-state index contributed by atoms with van der Waals surface area (Å²) in [6, 6.07) is 5.20. The van der Waals surface area contributed by atoms with Crippen molar-refractivity contribution >= 4 is 0 Å². The molecule has 2 N–H and O–H groups in total. The van der Waals surface area contributed by atoms with Crippen LogP contribution >= 0.6 is 0 Å². The molecule has 2 heterocycles. The van der Waals surface area contributed by atoms with Gasteiger partial charge < -0.3 is 10.6 Å². The summed E-state index contributed by atoms with van der Waals surface area (Å²) in [5, 5.41) is 8.12. The number of rotatable bonds is 5. The van der Waals surface area contributed by atoms with Crippen LogP contribution in [0.3, 0.4) is 0 Å². The van der Waals surface area contributed by atoms with E-state index in [9.17, 15) is 0 Å². The Bertz CT molecular complexity index is 713. The molecule has 0 aromatic heterocycles. The lowest BCUT2D eigenvalue weighted by atomic mass is 9.71. The third kappa shape index (κ3) is 5.39. The van der Waals surface area contributed by atoms with Gasteiger partial charge in [-0.05, 0) is 88.4 Å². The van der Waals surface area contributed by atoms with E-state index in [1.165, 1.54) is 154 Å². The van der Waals surface area contributed by atoms with Gasteiger partial charge in [0.15, 0.2) is 0 Å². The number of hydrogen-bond acceptors (Lipinski definition) is 4. The largest absolute Gasteiger partial charge is 0.300 e. The first-order valence-corrected chi connectivity index (χ1v) is 17.9. The topological polar surface area (TPSA) is 30.5 Å². The van der Waals surface area contributed by atoms with Gasteiger partial charge in [0, 0.05) is 49.3 Å². The van der Waals surface area contributed by atoms with Crippen molar-refractivity contribution in [2.75, 3.05) is 13.1 Å². The molecule has 5 unspecified atom stereocenters. The van der Waals surface area contributed by atoms with Crippen molar-refractivity contribution in [3.8, 4) is 0 Å². The predicted octanol–water partition coefficient (Wildman–Crippen LogP) is 6.83. The van der Waals surface area contributed by atoms with Crippen molar-refractivity contribution in [1.82, 2.24) is 20.4 Å². The average molecular weight is 525 g/mol. The van der Waals surface area contributed by atoms with E-state index in [1.807, 2.05) is 0 Å². The number of nitrogens with one attached hydrogen (secondary N) is 2. The van der Waals surface area contributed by atoms with Gasteiger partial charge in [-0.3, -0.25) is 9.80 Å². The van der Waals surface area contributed by atoms with Crippen LogP contribution in [0.5, 0.6) is 0 Å². The van der Waals surface area contributed by atoms with E-state index in [2.05, 4.69) is 20.4 Å². The quantitative estimate of drug-likeness (QED) is 0.412. The first kappa shape index (κ1) is 26.7. The molecule has 0 amide bonds. The summed E-state index contributed by atoms with van der Waals surface area (Å²) >= 11 is 0. The number of likely N-dealkylation sites (tertiary alicyclic amines) is 1. The van der Waals surface area contributed by atoms with Crippen LogP contribution in [0, 0.1) is 17.8 Å². The van der Waals surface area contributed by atoms with E-state index in [4.69, 9.17) is 0 Å². The number of nitrogens with zero attached hydrogens (tertiary/aromatic N) is 2. The van der Waals surface area contributed by atoms with Crippen LogP contribution in [-0.2, 0) is 0 Å². The van der Waals surface area contributed by atoms with Crippen molar-refractivity contribution in [3.05, 3.63) is 0 Å². The maximum atomic E-state index is 4.06. The molecule has 0 bridgehead atoms. The maximum Gasteiger partial charge on any atom is 0.0601 e. The molecule has 0 radical (unpaired) electrons. The first-order chi connectivity index (χ1) is 18.9. The fourth-order valence-electron chi connectivity index (χ4n) is 11.4. The van der Waals surface area contributed by atoms with Gasteiger partial charge in [-0.1, -0.05) is 70.6 Å². The van der Waals surface area contributed by atoms with Gasteiger partial charge in [-0.2, -0.15) is 0 Å². The van der Waals surface area contributed by atoms with Crippen LogP contribution in [0.25, 0.3) is 0 Å². The van der Waals surface area contributed by atoms with E-state index in [0.29, 0.717) is 6.17 Å². The molecule has 7 fully saturated rings. The Morgan fingerprint density at radius 3 is 1.68 bits per heavy atom. The summed E-state index contributed by atoms with van der Waals surface area (Å²) in [5.41, 5.74) is 0. The lowest BCUT2D eigenvalue weighted by Crippen LogP contribution is -2.64. The smallest absolute Gasteiger partial charge is 0.0601 e.